The summed E-state index contributed by atoms with van der Waals surface area (Å²) in [5.74, 6) is 0.736. The predicted molar refractivity (Wildman–Crippen MR) is 104 cm³/mol. The van der Waals surface area contributed by atoms with Crippen LogP contribution in [-0.4, -0.2) is 55.3 Å². The summed E-state index contributed by atoms with van der Waals surface area (Å²) in [6.45, 7) is 6.96. The van der Waals surface area contributed by atoms with Gasteiger partial charge in [0.2, 0.25) is 11.8 Å². The highest BCUT2D eigenvalue weighted by Gasteiger charge is 2.40. The van der Waals surface area contributed by atoms with Gasteiger partial charge in [-0.2, -0.15) is 0 Å². The molecule has 1 N–H and O–H groups in total. The van der Waals surface area contributed by atoms with Crippen molar-refractivity contribution in [3.63, 3.8) is 0 Å². The SMILES string of the molecule is CCNC(=O)C1CCC2(CC1)CCN(C(=O)CCOCCC(=O)CC)CC2. The molecule has 0 aromatic carbocycles. The molecule has 1 heterocycles. The maximum Gasteiger partial charge on any atom is 0.224 e. The van der Waals surface area contributed by atoms with Crippen molar-refractivity contribution in [2.24, 2.45) is 11.3 Å². The first-order valence-electron chi connectivity index (χ1n) is 10.6. The van der Waals surface area contributed by atoms with Crippen molar-refractivity contribution in [1.82, 2.24) is 10.2 Å². The molecule has 1 saturated carbocycles. The first-order valence-corrected chi connectivity index (χ1v) is 10.6. The van der Waals surface area contributed by atoms with Crippen LogP contribution < -0.4 is 5.32 Å². The molecule has 0 bridgehead atoms. The van der Waals surface area contributed by atoms with Crippen molar-refractivity contribution in [1.29, 1.82) is 0 Å². The van der Waals surface area contributed by atoms with Crippen LogP contribution in [0, 0.1) is 11.3 Å². The van der Waals surface area contributed by atoms with E-state index in [1.54, 1.807) is 0 Å². The third kappa shape index (κ3) is 6.59. The number of carbonyl (C=O) groups is 3. The first-order chi connectivity index (χ1) is 13.0. The summed E-state index contributed by atoms with van der Waals surface area (Å²) in [6, 6.07) is 0. The molecule has 2 rings (SSSR count). The van der Waals surface area contributed by atoms with E-state index in [1.165, 1.54) is 0 Å². The molecule has 1 spiro atoms. The van der Waals surface area contributed by atoms with Crippen LogP contribution in [0.5, 0.6) is 0 Å². The van der Waals surface area contributed by atoms with E-state index in [2.05, 4.69) is 5.32 Å². The number of likely N-dealkylation sites (tertiary alicyclic amines) is 1. The molecule has 0 atom stereocenters. The Morgan fingerprint density at radius 3 is 2.22 bits per heavy atom. The number of nitrogens with zero attached hydrogens (tertiary/aromatic N) is 1. The van der Waals surface area contributed by atoms with Crippen molar-refractivity contribution in [3.05, 3.63) is 0 Å². The second-order valence-corrected chi connectivity index (χ2v) is 8.05. The first kappa shape index (κ1) is 21.9. The number of piperidine rings is 1. The normalized spacial score (nSPS) is 19.9. The Balaban J connectivity index is 1.64. The van der Waals surface area contributed by atoms with Crippen LogP contribution in [0.2, 0.25) is 0 Å². The summed E-state index contributed by atoms with van der Waals surface area (Å²) in [6.07, 6.45) is 7.63. The van der Waals surface area contributed by atoms with Crippen LogP contribution in [0.4, 0.5) is 0 Å². The summed E-state index contributed by atoms with van der Waals surface area (Å²) in [5, 5.41) is 2.94. The molecule has 1 aliphatic heterocycles. The van der Waals surface area contributed by atoms with E-state index in [9.17, 15) is 14.4 Å². The number of Topliss-reactive ketones (excluding diaryl/α,β-unsaturated/α-hetero) is 1. The van der Waals surface area contributed by atoms with Gasteiger partial charge in [-0.1, -0.05) is 6.92 Å². The standard InChI is InChI=1S/C21H36N2O4/c1-3-18(24)7-15-27-16-8-19(25)23-13-11-21(12-14-23)9-5-17(6-10-21)20(26)22-4-2/h17H,3-16H2,1-2H3,(H,22,26). The van der Waals surface area contributed by atoms with Gasteiger partial charge >= 0.3 is 0 Å². The Hall–Kier alpha value is -1.43. The minimum absolute atomic E-state index is 0.155. The summed E-state index contributed by atoms with van der Waals surface area (Å²) >= 11 is 0. The largest absolute Gasteiger partial charge is 0.380 e. The van der Waals surface area contributed by atoms with Gasteiger partial charge in [-0.15, -0.1) is 0 Å². The average Bonchev–Trinajstić information content (AvgIpc) is 2.68. The molecule has 27 heavy (non-hydrogen) atoms. The zero-order valence-electron chi connectivity index (χ0n) is 17.1. The lowest BCUT2D eigenvalue weighted by Gasteiger charge is -2.45. The third-order valence-corrected chi connectivity index (χ3v) is 6.32. The molecule has 2 fully saturated rings. The smallest absolute Gasteiger partial charge is 0.224 e. The second kappa shape index (κ2) is 10.8. The van der Waals surface area contributed by atoms with Gasteiger partial charge in [0.1, 0.15) is 5.78 Å². The average molecular weight is 381 g/mol. The van der Waals surface area contributed by atoms with Crippen molar-refractivity contribution in [3.8, 4) is 0 Å². The van der Waals surface area contributed by atoms with Crippen molar-refractivity contribution in [2.75, 3.05) is 32.8 Å². The van der Waals surface area contributed by atoms with Crippen molar-refractivity contribution < 1.29 is 19.1 Å². The maximum absolute atomic E-state index is 12.4. The minimum atomic E-state index is 0.155. The number of hydrogen-bond donors (Lipinski definition) is 1. The zero-order valence-corrected chi connectivity index (χ0v) is 17.1. The van der Waals surface area contributed by atoms with E-state index >= 15 is 0 Å². The Morgan fingerprint density at radius 2 is 1.63 bits per heavy atom. The Morgan fingerprint density at radius 1 is 1.00 bits per heavy atom. The van der Waals surface area contributed by atoms with Crippen LogP contribution in [0.25, 0.3) is 0 Å². The number of carbonyl (C=O) groups excluding carboxylic acids is 3. The maximum atomic E-state index is 12.4. The van der Waals surface area contributed by atoms with Gasteiger partial charge in [-0.05, 0) is 50.9 Å². The van der Waals surface area contributed by atoms with Gasteiger partial charge in [0, 0.05) is 38.4 Å². The van der Waals surface area contributed by atoms with Gasteiger partial charge < -0.3 is 15.0 Å². The molecule has 1 saturated heterocycles. The second-order valence-electron chi connectivity index (χ2n) is 8.05. The van der Waals surface area contributed by atoms with Gasteiger partial charge in [0.25, 0.3) is 0 Å². The fourth-order valence-corrected chi connectivity index (χ4v) is 4.32. The Labute approximate surface area is 163 Å². The number of hydrogen-bond acceptors (Lipinski definition) is 4. The minimum Gasteiger partial charge on any atom is -0.380 e. The number of rotatable bonds is 9. The molecule has 0 aromatic rings. The fraction of sp³-hybridized carbons (Fsp3) is 0.857. The third-order valence-electron chi connectivity index (χ3n) is 6.32. The Kier molecular flexibility index (Phi) is 8.74. The molecule has 6 heteroatoms. The quantitative estimate of drug-likeness (QED) is 0.624. The highest BCUT2D eigenvalue weighted by atomic mass is 16.5. The van der Waals surface area contributed by atoms with E-state index in [1.807, 2.05) is 18.7 Å². The van der Waals surface area contributed by atoms with Crippen molar-refractivity contribution in [2.45, 2.75) is 71.6 Å². The highest BCUT2D eigenvalue weighted by molar-refractivity contribution is 5.79. The van der Waals surface area contributed by atoms with Crippen molar-refractivity contribution >= 4 is 17.6 Å². The molecule has 0 aromatic heterocycles. The van der Waals surface area contributed by atoms with E-state index in [0.717, 1.165) is 51.6 Å². The lowest BCUT2D eigenvalue weighted by molar-refractivity contribution is -0.135. The molecule has 6 nitrogen and oxygen atoms in total. The van der Waals surface area contributed by atoms with Crippen LogP contribution >= 0.6 is 0 Å². The van der Waals surface area contributed by atoms with E-state index in [-0.39, 0.29) is 23.5 Å². The molecule has 2 aliphatic rings. The van der Waals surface area contributed by atoms with Crippen LogP contribution in [0.15, 0.2) is 0 Å². The van der Waals surface area contributed by atoms with Gasteiger partial charge in [0.05, 0.1) is 19.6 Å². The zero-order chi connectivity index (χ0) is 19.7. The molecule has 1 aliphatic carbocycles. The summed E-state index contributed by atoms with van der Waals surface area (Å²) in [5.41, 5.74) is 0.330. The van der Waals surface area contributed by atoms with E-state index < -0.39 is 0 Å². The topological polar surface area (TPSA) is 75.7 Å². The van der Waals surface area contributed by atoms with Gasteiger partial charge in [0.15, 0.2) is 0 Å². The summed E-state index contributed by atoms with van der Waals surface area (Å²) < 4.78 is 5.43. The van der Waals surface area contributed by atoms with Crippen LogP contribution in [-0.2, 0) is 19.1 Å². The molecule has 154 valence electrons. The number of ether oxygens (including phenoxy) is 1. The van der Waals surface area contributed by atoms with E-state index in [0.29, 0.717) is 44.4 Å². The van der Waals surface area contributed by atoms with Crippen LogP contribution in [0.3, 0.4) is 0 Å². The molecular formula is C21H36N2O4. The highest BCUT2D eigenvalue weighted by Crippen LogP contribution is 2.46. The Bertz CT molecular complexity index is 502. The summed E-state index contributed by atoms with van der Waals surface area (Å²) in [4.78, 5) is 37.6. The summed E-state index contributed by atoms with van der Waals surface area (Å²) in [7, 11) is 0. The molecule has 2 amide bonds. The lowest BCUT2D eigenvalue weighted by Crippen LogP contribution is -2.45. The monoisotopic (exact) mass is 380 g/mol. The molecule has 0 radical (unpaired) electrons. The van der Waals surface area contributed by atoms with Gasteiger partial charge in [-0.3, -0.25) is 14.4 Å². The predicted octanol–water partition coefficient (Wildman–Crippen LogP) is 2.70. The number of ketones is 1. The van der Waals surface area contributed by atoms with E-state index in [4.69, 9.17) is 4.74 Å². The number of nitrogens with one attached hydrogen (secondary N) is 1. The molecular weight excluding hydrogens is 344 g/mol. The van der Waals surface area contributed by atoms with Crippen LogP contribution in [0.1, 0.15) is 71.6 Å². The number of amides is 2. The molecule has 0 unspecified atom stereocenters. The lowest BCUT2D eigenvalue weighted by atomic mass is 9.65. The van der Waals surface area contributed by atoms with Gasteiger partial charge in [-0.25, -0.2) is 0 Å². The fourth-order valence-electron chi connectivity index (χ4n) is 4.32.